The van der Waals surface area contributed by atoms with Gasteiger partial charge in [-0.3, -0.25) is 4.79 Å². The Morgan fingerprint density at radius 2 is 1.83 bits per heavy atom. The smallest absolute Gasteiger partial charge is 0.246 e. The molecule has 3 aromatic rings. The quantitative estimate of drug-likeness (QED) is 0.784. The SMILES string of the molecule is Cc1ccc(CNC(=O)[C@@H](C)n2nnc(-c3ccccc3)n2)cc1. The van der Waals surface area contributed by atoms with Crippen LogP contribution in [0.4, 0.5) is 0 Å². The van der Waals surface area contributed by atoms with E-state index < -0.39 is 6.04 Å². The third kappa shape index (κ3) is 3.65. The average molecular weight is 321 g/mol. The fourth-order valence-corrected chi connectivity index (χ4v) is 2.24. The van der Waals surface area contributed by atoms with Gasteiger partial charge in [-0.1, -0.05) is 60.2 Å². The summed E-state index contributed by atoms with van der Waals surface area (Å²) >= 11 is 0. The maximum Gasteiger partial charge on any atom is 0.246 e. The summed E-state index contributed by atoms with van der Waals surface area (Å²) in [5, 5.41) is 15.2. The van der Waals surface area contributed by atoms with Gasteiger partial charge in [-0.2, -0.15) is 4.80 Å². The zero-order valence-electron chi connectivity index (χ0n) is 13.7. The monoisotopic (exact) mass is 321 g/mol. The van der Waals surface area contributed by atoms with Crippen LogP contribution in [0.15, 0.2) is 54.6 Å². The Morgan fingerprint density at radius 1 is 1.12 bits per heavy atom. The number of nitrogens with one attached hydrogen (secondary N) is 1. The van der Waals surface area contributed by atoms with Gasteiger partial charge >= 0.3 is 0 Å². The Labute approximate surface area is 140 Å². The number of carbonyl (C=O) groups is 1. The van der Waals surface area contributed by atoms with Gasteiger partial charge in [0.2, 0.25) is 11.7 Å². The van der Waals surface area contributed by atoms with Crippen molar-refractivity contribution in [3.63, 3.8) is 0 Å². The summed E-state index contributed by atoms with van der Waals surface area (Å²) in [6.07, 6.45) is 0. The summed E-state index contributed by atoms with van der Waals surface area (Å²) in [4.78, 5) is 13.6. The fraction of sp³-hybridized carbons (Fsp3) is 0.222. The van der Waals surface area contributed by atoms with Crippen LogP contribution in [0.25, 0.3) is 11.4 Å². The number of amides is 1. The number of carbonyl (C=O) groups excluding carboxylic acids is 1. The first kappa shape index (κ1) is 15.9. The molecule has 3 rings (SSSR count). The van der Waals surface area contributed by atoms with E-state index >= 15 is 0 Å². The van der Waals surface area contributed by atoms with Crippen molar-refractivity contribution >= 4 is 5.91 Å². The molecule has 0 unspecified atom stereocenters. The molecule has 0 radical (unpaired) electrons. The number of hydrogen-bond acceptors (Lipinski definition) is 4. The first-order chi connectivity index (χ1) is 11.6. The maximum absolute atomic E-state index is 12.3. The highest BCUT2D eigenvalue weighted by molar-refractivity contribution is 5.79. The van der Waals surface area contributed by atoms with Gasteiger partial charge in [0.15, 0.2) is 0 Å². The van der Waals surface area contributed by atoms with Crippen LogP contribution in [-0.2, 0) is 11.3 Å². The second-order valence-corrected chi connectivity index (χ2v) is 5.68. The topological polar surface area (TPSA) is 72.7 Å². The lowest BCUT2D eigenvalue weighted by atomic mass is 10.1. The van der Waals surface area contributed by atoms with Gasteiger partial charge in [0, 0.05) is 12.1 Å². The second-order valence-electron chi connectivity index (χ2n) is 5.68. The van der Waals surface area contributed by atoms with E-state index in [2.05, 4.69) is 20.7 Å². The molecule has 1 amide bonds. The van der Waals surface area contributed by atoms with Crippen molar-refractivity contribution in [2.75, 3.05) is 0 Å². The van der Waals surface area contributed by atoms with Crippen molar-refractivity contribution < 1.29 is 4.79 Å². The predicted molar refractivity (Wildman–Crippen MR) is 91.0 cm³/mol. The highest BCUT2D eigenvalue weighted by atomic mass is 16.2. The molecule has 6 heteroatoms. The standard InChI is InChI=1S/C18H19N5O/c1-13-8-10-15(11-9-13)12-19-18(24)14(2)23-21-17(20-22-23)16-6-4-3-5-7-16/h3-11,14H,12H2,1-2H3,(H,19,24)/t14-/m1/s1. The van der Waals surface area contributed by atoms with Gasteiger partial charge < -0.3 is 5.32 Å². The van der Waals surface area contributed by atoms with Gasteiger partial charge in [-0.05, 0) is 24.6 Å². The predicted octanol–water partition coefficient (Wildman–Crippen LogP) is 2.53. The fourth-order valence-electron chi connectivity index (χ4n) is 2.24. The lowest BCUT2D eigenvalue weighted by Crippen LogP contribution is -2.31. The average Bonchev–Trinajstić information content (AvgIpc) is 3.11. The highest BCUT2D eigenvalue weighted by Crippen LogP contribution is 2.13. The number of aryl methyl sites for hydroxylation is 1. The van der Waals surface area contributed by atoms with Crippen molar-refractivity contribution in [1.29, 1.82) is 0 Å². The number of benzene rings is 2. The van der Waals surface area contributed by atoms with Crippen molar-refractivity contribution in [2.45, 2.75) is 26.4 Å². The Kier molecular flexibility index (Phi) is 4.65. The van der Waals surface area contributed by atoms with E-state index in [1.165, 1.54) is 10.4 Å². The summed E-state index contributed by atoms with van der Waals surface area (Å²) < 4.78 is 0. The minimum absolute atomic E-state index is 0.146. The third-order valence-corrected chi connectivity index (χ3v) is 3.77. The molecule has 24 heavy (non-hydrogen) atoms. The number of nitrogens with zero attached hydrogens (tertiary/aromatic N) is 4. The minimum Gasteiger partial charge on any atom is -0.350 e. The van der Waals surface area contributed by atoms with Crippen LogP contribution in [0.1, 0.15) is 24.1 Å². The van der Waals surface area contributed by atoms with Crippen LogP contribution < -0.4 is 5.32 Å². The lowest BCUT2D eigenvalue weighted by molar-refractivity contribution is -0.124. The molecular weight excluding hydrogens is 302 g/mol. The summed E-state index contributed by atoms with van der Waals surface area (Å²) in [7, 11) is 0. The molecule has 0 fully saturated rings. The molecule has 1 atom stereocenters. The van der Waals surface area contributed by atoms with Crippen molar-refractivity contribution in [2.24, 2.45) is 0 Å². The van der Waals surface area contributed by atoms with E-state index in [0.717, 1.165) is 11.1 Å². The summed E-state index contributed by atoms with van der Waals surface area (Å²) in [5.41, 5.74) is 3.12. The van der Waals surface area contributed by atoms with E-state index in [-0.39, 0.29) is 5.91 Å². The first-order valence-electron chi connectivity index (χ1n) is 7.81. The Balaban J connectivity index is 1.63. The van der Waals surface area contributed by atoms with Gasteiger partial charge in [-0.15, -0.1) is 10.2 Å². The van der Waals surface area contributed by atoms with Crippen LogP contribution >= 0.6 is 0 Å². The molecule has 1 N–H and O–H groups in total. The zero-order chi connectivity index (χ0) is 16.9. The van der Waals surface area contributed by atoms with Crippen LogP contribution in [-0.4, -0.2) is 26.1 Å². The van der Waals surface area contributed by atoms with E-state index in [0.29, 0.717) is 12.4 Å². The summed E-state index contributed by atoms with van der Waals surface area (Å²) in [5.74, 6) is 0.362. The zero-order valence-corrected chi connectivity index (χ0v) is 13.7. The van der Waals surface area contributed by atoms with E-state index in [1.54, 1.807) is 6.92 Å². The van der Waals surface area contributed by atoms with E-state index in [9.17, 15) is 4.79 Å². The minimum atomic E-state index is -0.527. The molecule has 0 aliphatic heterocycles. The number of hydrogen-bond donors (Lipinski definition) is 1. The molecular formula is C18H19N5O. The molecule has 1 heterocycles. The second kappa shape index (κ2) is 7.04. The van der Waals surface area contributed by atoms with Crippen LogP contribution in [0.2, 0.25) is 0 Å². The molecule has 1 aromatic heterocycles. The van der Waals surface area contributed by atoms with Gasteiger partial charge in [-0.25, -0.2) is 0 Å². The molecule has 122 valence electrons. The summed E-state index contributed by atoms with van der Waals surface area (Å²) in [6.45, 7) is 4.26. The molecule has 2 aromatic carbocycles. The molecule has 0 spiro atoms. The number of rotatable bonds is 5. The lowest BCUT2D eigenvalue weighted by Gasteiger charge is -2.11. The molecule has 0 saturated heterocycles. The third-order valence-electron chi connectivity index (χ3n) is 3.77. The highest BCUT2D eigenvalue weighted by Gasteiger charge is 2.18. The Morgan fingerprint density at radius 3 is 2.54 bits per heavy atom. The van der Waals surface area contributed by atoms with Gasteiger partial charge in [0.25, 0.3) is 0 Å². The molecule has 0 aliphatic rings. The molecule has 0 bridgehead atoms. The molecule has 6 nitrogen and oxygen atoms in total. The maximum atomic E-state index is 12.3. The normalized spacial score (nSPS) is 11.9. The molecule has 0 aliphatic carbocycles. The first-order valence-corrected chi connectivity index (χ1v) is 7.81. The van der Waals surface area contributed by atoms with Gasteiger partial charge in [0.05, 0.1) is 0 Å². The summed E-state index contributed by atoms with van der Waals surface area (Å²) in [6, 6.07) is 17.1. The van der Waals surface area contributed by atoms with Crippen molar-refractivity contribution in [3.05, 3.63) is 65.7 Å². The number of tetrazole rings is 1. The van der Waals surface area contributed by atoms with Crippen LogP contribution in [0.3, 0.4) is 0 Å². The van der Waals surface area contributed by atoms with Crippen molar-refractivity contribution in [3.8, 4) is 11.4 Å². The van der Waals surface area contributed by atoms with E-state index in [1.807, 2.05) is 61.5 Å². The largest absolute Gasteiger partial charge is 0.350 e. The van der Waals surface area contributed by atoms with Crippen LogP contribution in [0, 0.1) is 6.92 Å². The van der Waals surface area contributed by atoms with Gasteiger partial charge in [0.1, 0.15) is 6.04 Å². The molecule has 0 saturated carbocycles. The Bertz CT molecular complexity index is 811. The van der Waals surface area contributed by atoms with E-state index in [4.69, 9.17) is 0 Å². The van der Waals surface area contributed by atoms with Crippen molar-refractivity contribution in [1.82, 2.24) is 25.5 Å². The Hall–Kier alpha value is -3.02. The van der Waals surface area contributed by atoms with Crippen LogP contribution in [0.5, 0.6) is 0 Å². The number of aromatic nitrogens is 4.